The van der Waals surface area contributed by atoms with Gasteiger partial charge in [0.15, 0.2) is 5.82 Å². The van der Waals surface area contributed by atoms with Gasteiger partial charge in [-0.25, -0.2) is 14.1 Å². The quantitative estimate of drug-likeness (QED) is 0.854. The molecule has 0 aliphatic rings. The SMILES string of the molecule is CCn1ncnc1COc1ccc(F)cc1C#CCN. The van der Waals surface area contributed by atoms with E-state index in [0.717, 1.165) is 0 Å². The van der Waals surface area contributed by atoms with Gasteiger partial charge in [-0.2, -0.15) is 5.10 Å². The Labute approximate surface area is 116 Å². The lowest BCUT2D eigenvalue weighted by molar-refractivity contribution is 0.286. The molecule has 0 radical (unpaired) electrons. The van der Waals surface area contributed by atoms with E-state index in [1.54, 1.807) is 10.7 Å². The number of aromatic nitrogens is 3. The zero-order chi connectivity index (χ0) is 14.4. The summed E-state index contributed by atoms with van der Waals surface area (Å²) in [5.41, 5.74) is 5.79. The van der Waals surface area contributed by atoms with Gasteiger partial charge in [0, 0.05) is 6.54 Å². The molecule has 0 amide bonds. The van der Waals surface area contributed by atoms with E-state index in [1.807, 2.05) is 6.92 Å². The molecule has 0 saturated carbocycles. The number of halogens is 1. The molecule has 1 aromatic carbocycles. The molecule has 2 rings (SSSR count). The Hall–Kier alpha value is -2.39. The minimum Gasteiger partial charge on any atom is -0.484 e. The van der Waals surface area contributed by atoms with E-state index in [4.69, 9.17) is 10.5 Å². The third kappa shape index (κ3) is 3.33. The lowest BCUT2D eigenvalue weighted by atomic mass is 10.2. The maximum absolute atomic E-state index is 13.2. The maximum Gasteiger partial charge on any atom is 0.164 e. The number of rotatable bonds is 4. The maximum atomic E-state index is 13.2. The molecule has 0 aliphatic carbocycles. The number of hydrogen-bond acceptors (Lipinski definition) is 4. The van der Waals surface area contributed by atoms with Crippen molar-refractivity contribution in [3.63, 3.8) is 0 Å². The van der Waals surface area contributed by atoms with E-state index < -0.39 is 0 Å². The third-order valence-corrected chi connectivity index (χ3v) is 2.62. The molecule has 2 aromatic rings. The second-order valence-corrected chi connectivity index (χ2v) is 3.93. The van der Waals surface area contributed by atoms with Crippen molar-refractivity contribution in [2.24, 2.45) is 5.73 Å². The van der Waals surface area contributed by atoms with Gasteiger partial charge in [0.05, 0.1) is 12.1 Å². The number of nitrogens with two attached hydrogens (primary N) is 1. The lowest BCUT2D eigenvalue weighted by Gasteiger charge is -2.08. The van der Waals surface area contributed by atoms with Gasteiger partial charge in [0.25, 0.3) is 0 Å². The van der Waals surface area contributed by atoms with Gasteiger partial charge >= 0.3 is 0 Å². The molecule has 2 N–H and O–H groups in total. The minimum absolute atomic E-state index is 0.208. The Kier molecular flexibility index (Phi) is 4.69. The summed E-state index contributed by atoms with van der Waals surface area (Å²) in [5.74, 6) is 6.31. The molecule has 20 heavy (non-hydrogen) atoms. The highest BCUT2D eigenvalue weighted by Crippen LogP contribution is 2.19. The zero-order valence-electron chi connectivity index (χ0n) is 11.1. The zero-order valence-corrected chi connectivity index (χ0v) is 11.1. The van der Waals surface area contributed by atoms with Crippen molar-refractivity contribution in [1.82, 2.24) is 14.8 Å². The highest BCUT2D eigenvalue weighted by molar-refractivity contribution is 5.46. The van der Waals surface area contributed by atoms with Crippen molar-refractivity contribution in [1.29, 1.82) is 0 Å². The smallest absolute Gasteiger partial charge is 0.164 e. The van der Waals surface area contributed by atoms with Crippen LogP contribution in [0.4, 0.5) is 4.39 Å². The Balaban J connectivity index is 2.17. The van der Waals surface area contributed by atoms with Crippen LogP contribution in [0.5, 0.6) is 5.75 Å². The molecule has 1 aromatic heterocycles. The van der Waals surface area contributed by atoms with E-state index in [0.29, 0.717) is 23.7 Å². The highest BCUT2D eigenvalue weighted by atomic mass is 19.1. The van der Waals surface area contributed by atoms with Crippen LogP contribution in [0.1, 0.15) is 18.3 Å². The van der Waals surface area contributed by atoms with Gasteiger partial charge in [-0.05, 0) is 25.1 Å². The van der Waals surface area contributed by atoms with Crippen molar-refractivity contribution in [2.45, 2.75) is 20.1 Å². The number of hydrogen-bond donors (Lipinski definition) is 1. The molecule has 0 fully saturated rings. The predicted octanol–water partition coefficient (Wildman–Crippen LogP) is 1.33. The molecule has 104 valence electrons. The van der Waals surface area contributed by atoms with Crippen LogP contribution < -0.4 is 10.5 Å². The van der Waals surface area contributed by atoms with Gasteiger partial charge < -0.3 is 10.5 Å². The molecular weight excluding hydrogens is 259 g/mol. The fraction of sp³-hybridized carbons (Fsp3) is 0.286. The lowest BCUT2D eigenvalue weighted by Crippen LogP contribution is -2.07. The van der Waals surface area contributed by atoms with E-state index in [2.05, 4.69) is 21.9 Å². The second kappa shape index (κ2) is 6.68. The fourth-order valence-corrected chi connectivity index (χ4v) is 1.68. The fourth-order valence-electron chi connectivity index (χ4n) is 1.68. The Morgan fingerprint density at radius 1 is 1.45 bits per heavy atom. The van der Waals surface area contributed by atoms with Crippen LogP contribution in [0, 0.1) is 17.7 Å². The first-order valence-electron chi connectivity index (χ1n) is 6.22. The molecule has 0 spiro atoms. The van der Waals surface area contributed by atoms with E-state index in [1.165, 1.54) is 18.5 Å². The minimum atomic E-state index is -0.365. The van der Waals surface area contributed by atoms with Crippen LogP contribution in [0.3, 0.4) is 0 Å². The molecule has 6 heteroatoms. The second-order valence-electron chi connectivity index (χ2n) is 3.93. The summed E-state index contributed by atoms with van der Waals surface area (Å²) in [7, 11) is 0. The van der Waals surface area contributed by atoms with Crippen molar-refractivity contribution >= 4 is 0 Å². The summed E-state index contributed by atoms with van der Waals surface area (Å²) in [5, 5.41) is 4.05. The Morgan fingerprint density at radius 3 is 3.05 bits per heavy atom. The number of benzene rings is 1. The molecular formula is C14H15FN4O. The third-order valence-electron chi connectivity index (χ3n) is 2.62. The summed E-state index contributed by atoms with van der Waals surface area (Å²) >= 11 is 0. The van der Waals surface area contributed by atoms with Gasteiger partial charge in [0.1, 0.15) is 24.5 Å². The van der Waals surface area contributed by atoms with E-state index >= 15 is 0 Å². The molecule has 0 unspecified atom stereocenters. The summed E-state index contributed by atoms with van der Waals surface area (Å²) in [6, 6.07) is 4.19. The largest absolute Gasteiger partial charge is 0.484 e. The van der Waals surface area contributed by atoms with Crippen molar-refractivity contribution in [3.8, 4) is 17.6 Å². The molecule has 0 atom stereocenters. The summed E-state index contributed by atoms with van der Waals surface area (Å²) in [6.07, 6.45) is 1.47. The number of aryl methyl sites for hydroxylation is 1. The average Bonchev–Trinajstić information content (AvgIpc) is 2.91. The summed E-state index contributed by atoms with van der Waals surface area (Å²) in [4.78, 5) is 4.11. The van der Waals surface area contributed by atoms with E-state index in [-0.39, 0.29) is 19.0 Å². The van der Waals surface area contributed by atoms with Crippen LogP contribution in [0.25, 0.3) is 0 Å². The molecule has 0 aliphatic heterocycles. The van der Waals surface area contributed by atoms with Gasteiger partial charge in [-0.1, -0.05) is 11.8 Å². The highest BCUT2D eigenvalue weighted by Gasteiger charge is 2.07. The van der Waals surface area contributed by atoms with Gasteiger partial charge in [-0.3, -0.25) is 0 Å². The first kappa shape index (κ1) is 14.0. The Bertz CT molecular complexity index is 642. The van der Waals surface area contributed by atoms with Crippen molar-refractivity contribution < 1.29 is 9.13 Å². The van der Waals surface area contributed by atoms with E-state index in [9.17, 15) is 4.39 Å². The summed E-state index contributed by atoms with van der Waals surface area (Å²) in [6.45, 7) is 3.13. The molecule has 5 nitrogen and oxygen atoms in total. The number of nitrogens with zero attached hydrogens (tertiary/aromatic N) is 3. The van der Waals surface area contributed by atoms with Crippen LogP contribution >= 0.6 is 0 Å². The summed E-state index contributed by atoms with van der Waals surface area (Å²) < 4.78 is 20.6. The van der Waals surface area contributed by atoms with Gasteiger partial charge in [0.2, 0.25) is 0 Å². The van der Waals surface area contributed by atoms with Gasteiger partial charge in [-0.15, -0.1) is 0 Å². The van der Waals surface area contributed by atoms with Crippen LogP contribution in [-0.4, -0.2) is 21.3 Å². The topological polar surface area (TPSA) is 66.0 Å². The van der Waals surface area contributed by atoms with Crippen LogP contribution in [0.2, 0.25) is 0 Å². The van der Waals surface area contributed by atoms with Crippen LogP contribution in [-0.2, 0) is 13.2 Å². The molecule has 0 bridgehead atoms. The first-order chi connectivity index (χ1) is 9.74. The average molecular weight is 274 g/mol. The Morgan fingerprint density at radius 2 is 2.30 bits per heavy atom. The number of ether oxygens (including phenoxy) is 1. The normalized spacial score (nSPS) is 9.95. The standard InChI is InChI=1S/C14H15FN4O/c1-2-19-14(17-10-18-19)9-20-13-6-5-12(15)8-11(13)4-3-7-16/h5-6,8,10H,2,7,9,16H2,1H3. The monoisotopic (exact) mass is 274 g/mol. The van der Waals surface area contributed by atoms with Crippen molar-refractivity contribution in [2.75, 3.05) is 6.54 Å². The van der Waals surface area contributed by atoms with Crippen molar-refractivity contribution in [3.05, 3.63) is 41.7 Å². The predicted molar refractivity (Wildman–Crippen MR) is 72.4 cm³/mol. The molecule has 1 heterocycles. The first-order valence-corrected chi connectivity index (χ1v) is 6.22. The molecule has 0 saturated heterocycles. The van der Waals surface area contributed by atoms with Crippen LogP contribution in [0.15, 0.2) is 24.5 Å².